The lowest BCUT2D eigenvalue weighted by atomic mass is 10.2. The van der Waals surface area contributed by atoms with Crippen LogP contribution in [0, 0.1) is 0 Å². The molecular formula is C16H22N4O2. The van der Waals surface area contributed by atoms with E-state index in [1.807, 2.05) is 18.2 Å². The molecule has 0 spiro atoms. The Morgan fingerprint density at radius 1 is 1.23 bits per heavy atom. The minimum Gasteiger partial charge on any atom is -0.465 e. The Labute approximate surface area is 129 Å². The molecule has 1 aliphatic rings. The molecule has 1 saturated heterocycles. The van der Waals surface area contributed by atoms with E-state index >= 15 is 0 Å². The van der Waals surface area contributed by atoms with E-state index in [2.05, 4.69) is 26.8 Å². The first kappa shape index (κ1) is 15.0. The second-order valence-corrected chi connectivity index (χ2v) is 5.74. The summed E-state index contributed by atoms with van der Waals surface area (Å²) in [6.07, 6.45) is 0.931. The lowest BCUT2D eigenvalue weighted by molar-refractivity contribution is 0.144. The Morgan fingerprint density at radius 2 is 2.00 bits per heavy atom. The third kappa shape index (κ3) is 3.64. The van der Waals surface area contributed by atoms with Crippen LogP contribution < -0.4 is 10.3 Å². The number of rotatable bonds is 5. The maximum absolute atomic E-state index is 11.9. The molecule has 0 saturated carbocycles. The van der Waals surface area contributed by atoms with Crippen molar-refractivity contribution in [2.24, 2.45) is 0 Å². The predicted octanol–water partition coefficient (Wildman–Crippen LogP) is 0.939. The molecular weight excluding hydrogens is 280 g/mol. The van der Waals surface area contributed by atoms with Gasteiger partial charge in [-0.15, -0.1) is 0 Å². The van der Waals surface area contributed by atoms with E-state index < -0.39 is 0 Å². The molecule has 1 fully saturated rings. The number of fused-ring (bicyclic) bond motifs is 1. The van der Waals surface area contributed by atoms with Crippen LogP contribution in [-0.2, 0) is 0 Å². The van der Waals surface area contributed by atoms with Crippen LogP contribution in [-0.4, -0.2) is 66.1 Å². The molecule has 0 amide bonds. The van der Waals surface area contributed by atoms with Gasteiger partial charge in [-0.2, -0.15) is 4.98 Å². The summed E-state index contributed by atoms with van der Waals surface area (Å²) in [6.45, 7) is 6.06. The van der Waals surface area contributed by atoms with Crippen molar-refractivity contribution in [3.8, 4) is 6.01 Å². The van der Waals surface area contributed by atoms with Crippen LogP contribution in [0.25, 0.3) is 10.9 Å². The number of H-pyrrole nitrogens is 1. The number of ether oxygens (including phenoxy) is 1. The maximum atomic E-state index is 11.9. The molecule has 118 valence electrons. The van der Waals surface area contributed by atoms with Crippen LogP contribution in [0.5, 0.6) is 6.01 Å². The number of nitrogens with one attached hydrogen (secondary N) is 1. The summed E-state index contributed by atoms with van der Waals surface area (Å²) in [4.78, 5) is 23.7. The number of hydrogen-bond acceptors (Lipinski definition) is 5. The number of piperazine rings is 1. The van der Waals surface area contributed by atoms with Gasteiger partial charge in [0.2, 0.25) is 0 Å². The third-order valence-corrected chi connectivity index (χ3v) is 4.04. The van der Waals surface area contributed by atoms with E-state index in [4.69, 9.17) is 4.74 Å². The number of likely N-dealkylation sites (N-methyl/N-ethyl adjacent to an activating group) is 1. The molecule has 2 heterocycles. The maximum Gasteiger partial charge on any atom is 0.297 e. The largest absolute Gasteiger partial charge is 0.465 e. The predicted molar refractivity (Wildman–Crippen MR) is 86.4 cm³/mol. The molecule has 3 rings (SSSR count). The van der Waals surface area contributed by atoms with E-state index in [9.17, 15) is 4.79 Å². The monoisotopic (exact) mass is 302 g/mol. The third-order valence-electron chi connectivity index (χ3n) is 4.04. The van der Waals surface area contributed by atoms with Gasteiger partial charge in [0.1, 0.15) is 0 Å². The number of para-hydroxylation sites is 1. The molecule has 2 aromatic rings. The van der Waals surface area contributed by atoms with Gasteiger partial charge >= 0.3 is 0 Å². The zero-order valence-electron chi connectivity index (χ0n) is 12.9. The van der Waals surface area contributed by atoms with Gasteiger partial charge in [-0.1, -0.05) is 12.1 Å². The van der Waals surface area contributed by atoms with Crippen LogP contribution in [0.4, 0.5) is 0 Å². The van der Waals surface area contributed by atoms with Gasteiger partial charge in [0.25, 0.3) is 11.6 Å². The summed E-state index contributed by atoms with van der Waals surface area (Å²) in [5.41, 5.74) is 0.514. The average molecular weight is 302 g/mol. The fraction of sp³-hybridized carbons (Fsp3) is 0.500. The molecule has 6 nitrogen and oxygen atoms in total. The highest BCUT2D eigenvalue weighted by molar-refractivity contribution is 5.77. The van der Waals surface area contributed by atoms with E-state index in [-0.39, 0.29) is 5.56 Å². The van der Waals surface area contributed by atoms with Crippen LogP contribution in [0.1, 0.15) is 6.42 Å². The Bertz CT molecular complexity index is 677. The van der Waals surface area contributed by atoms with Gasteiger partial charge in [0.15, 0.2) is 0 Å². The summed E-state index contributed by atoms with van der Waals surface area (Å²) in [6, 6.07) is 7.59. The zero-order chi connectivity index (χ0) is 15.4. The molecule has 0 unspecified atom stereocenters. The Hall–Kier alpha value is -1.92. The van der Waals surface area contributed by atoms with Crippen LogP contribution in [0.3, 0.4) is 0 Å². The second-order valence-electron chi connectivity index (χ2n) is 5.74. The zero-order valence-corrected chi connectivity index (χ0v) is 12.9. The standard InChI is InChI=1S/C16H22N4O2/c1-19-8-10-20(11-9-19)7-4-12-22-16-17-14-6-3-2-5-13(14)15(21)18-16/h2-3,5-6H,4,7-12H2,1H3,(H,17,18,21). The first-order chi connectivity index (χ1) is 10.7. The van der Waals surface area contributed by atoms with Gasteiger partial charge in [-0.05, 0) is 25.6 Å². The van der Waals surface area contributed by atoms with Gasteiger partial charge in [0, 0.05) is 32.7 Å². The Kier molecular flexibility index (Phi) is 4.70. The van der Waals surface area contributed by atoms with Crippen molar-refractivity contribution in [2.45, 2.75) is 6.42 Å². The fourth-order valence-corrected chi connectivity index (χ4v) is 2.66. The normalized spacial score (nSPS) is 17.0. The van der Waals surface area contributed by atoms with Gasteiger partial charge in [0.05, 0.1) is 17.5 Å². The first-order valence-corrected chi connectivity index (χ1v) is 7.75. The lowest BCUT2D eigenvalue weighted by Gasteiger charge is -2.32. The molecule has 1 aromatic heterocycles. The Balaban J connectivity index is 1.50. The van der Waals surface area contributed by atoms with Crippen molar-refractivity contribution >= 4 is 10.9 Å². The molecule has 1 N–H and O–H groups in total. The summed E-state index contributed by atoms with van der Waals surface area (Å²) in [5.74, 6) is 0. The number of nitrogens with zero attached hydrogens (tertiary/aromatic N) is 3. The van der Waals surface area contributed by atoms with Gasteiger partial charge < -0.3 is 14.5 Å². The van der Waals surface area contributed by atoms with E-state index in [0.717, 1.165) is 39.1 Å². The molecule has 0 radical (unpaired) electrons. The minimum atomic E-state index is -0.153. The lowest BCUT2D eigenvalue weighted by Crippen LogP contribution is -2.44. The van der Waals surface area contributed by atoms with Crippen LogP contribution in [0.2, 0.25) is 0 Å². The quantitative estimate of drug-likeness (QED) is 0.833. The molecule has 22 heavy (non-hydrogen) atoms. The Morgan fingerprint density at radius 3 is 2.82 bits per heavy atom. The van der Waals surface area contributed by atoms with Gasteiger partial charge in [-0.3, -0.25) is 9.78 Å². The topological polar surface area (TPSA) is 61.5 Å². The van der Waals surface area contributed by atoms with Crippen molar-refractivity contribution in [1.29, 1.82) is 0 Å². The summed E-state index contributed by atoms with van der Waals surface area (Å²) in [7, 11) is 2.15. The number of aromatic amines is 1. The average Bonchev–Trinajstić information content (AvgIpc) is 2.53. The summed E-state index contributed by atoms with van der Waals surface area (Å²) < 4.78 is 5.60. The highest BCUT2D eigenvalue weighted by Crippen LogP contribution is 2.09. The second kappa shape index (κ2) is 6.89. The van der Waals surface area contributed by atoms with Gasteiger partial charge in [-0.25, -0.2) is 0 Å². The highest BCUT2D eigenvalue weighted by atomic mass is 16.5. The first-order valence-electron chi connectivity index (χ1n) is 7.75. The molecule has 0 atom stereocenters. The van der Waals surface area contributed by atoms with E-state index in [1.54, 1.807) is 6.07 Å². The van der Waals surface area contributed by atoms with Crippen molar-refractivity contribution in [3.63, 3.8) is 0 Å². The molecule has 1 aromatic carbocycles. The van der Waals surface area contributed by atoms with E-state index in [1.165, 1.54) is 0 Å². The van der Waals surface area contributed by atoms with Crippen molar-refractivity contribution in [2.75, 3.05) is 46.4 Å². The van der Waals surface area contributed by atoms with Crippen molar-refractivity contribution in [1.82, 2.24) is 19.8 Å². The van der Waals surface area contributed by atoms with Crippen molar-refractivity contribution in [3.05, 3.63) is 34.6 Å². The minimum absolute atomic E-state index is 0.153. The van der Waals surface area contributed by atoms with Crippen LogP contribution in [0.15, 0.2) is 29.1 Å². The molecule has 0 bridgehead atoms. The number of hydrogen-bond donors (Lipinski definition) is 1. The van der Waals surface area contributed by atoms with Crippen molar-refractivity contribution < 1.29 is 4.74 Å². The summed E-state index contributed by atoms with van der Waals surface area (Å²) in [5, 5.41) is 0.590. The van der Waals surface area contributed by atoms with E-state index in [0.29, 0.717) is 23.5 Å². The smallest absolute Gasteiger partial charge is 0.297 e. The molecule has 0 aliphatic carbocycles. The number of aromatic nitrogens is 2. The number of benzene rings is 1. The highest BCUT2D eigenvalue weighted by Gasteiger charge is 2.13. The molecule has 6 heteroatoms. The SMILES string of the molecule is CN1CCN(CCCOc2nc3ccccc3c(=O)[nH]2)CC1. The summed E-state index contributed by atoms with van der Waals surface area (Å²) >= 11 is 0. The van der Waals surface area contributed by atoms with Crippen LogP contribution >= 0.6 is 0 Å². The molecule has 1 aliphatic heterocycles. The fourth-order valence-electron chi connectivity index (χ4n) is 2.66.